The van der Waals surface area contributed by atoms with Crippen molar-refractivity contribution in [3.05, 3.63) is 11.6 Å². The maximum Gasteiger partial charge on any atom is 0.312 e. The van der Waals surface area contributed by atoms with Crippen LogP contribution in [0.1, 0.15) is 58.8 Å². The first-order valence-corrected chi connectivity index (χ1v) is 11.4. The highest BCUT2D eigenvalue weighted by atomic mass is 16.6. The van der Waals surface area contributed by atoms with Gasteiger partial charge in [-0.2, -0.15) is 0 Å². The monoisotopic (exact) mass is 414 g/mol. The van der Waals surface area contributed by atoms with Gasteiger partial charge in [0.15, 0.2) is 0 Å². The van der Waals surface area contributed by atoms with Crippen molar-refractivity contribution in [3.63, 3.8) is 0 Å². The van der Waals surface area contributed by atoms with E-state index in [1.165, 1.54) is 7.11 Å². The number of ketones is 1. The summed E-state index contributed by atoms with van der Waals surface area (Å²) in [5, 5.41) is 0. The Morgan fingerprint density at radius 3 is 2.67 bits per heavy atom. The molecule has 5 fully saturated rings. The van der Waals surface area contributed by atoms with Crippen LogP contribution >= 0.6 is 0 Å². The molecule has 4 aliphatic carbocycles. The number of fused-ring (bicyclic) bond motifs is 9. The zero-order chi connectivity index (χ0) is 21.1. The second kappa shape index (κ2) is 5.76. The summed E-state index contributed by atoms with van der Waals surface area (Å²) in [7, 11) is 1.45. The minimum Gasteiger partial charge on any atom is -0.469 e. The van der Waals surface area contributed by atoms with Gasteiger partial charge in [0.25, 0.3) is 0 Å². The molecule has 0 amide bonds. The number of ether oxygens (including phenoxy) is 3. The lowest BCUT2D eigenvalue weighted by Crippen LogP contribution is -2.61. The molecular weight excluding hydrogens is 384 g/mol. The third-order valence-electron chi connectivity index (χ3n) is 10.1. The van der Waals surface area contributed by atoms with Crippen molar-refractivity contribution < 1.29 is 28.6 Å². The fraction of sp³-hybridized carbons (Fsp3) is 0.792. The molecule has 162 valence electrons. The lowest BCUT2D eigenvalue weighted by molar-refractivity contribution is -0.170. The highest BCUT2D eigenvalue weighted by Gasteiger charge is 2.79. The predicted octanol–water partition coefficient (Wildman–Crippen LogP) is 2.98. The van der Waals surface area contributed by atoms with Crippen LogP contribution in [0.2, 0.25) is 0 Å². The molecule has 3 saturated carbocycles. The van der Waals surface area contributed by atoms with Gasteiger partial charge >= 0.3 is 11.9 Å². The fourth-order valence-corrected chi connectivity index (χ4v) is 8.53. The van der Waals surface area contributed by atoms with Gasteiger partial charge in [0.05, 0.1) is 25.2 Å². The molecule has 0 bridgehead atoms. The van der Waals surface area contributed by atoms with Gasteiger partial charge in [0.2, 0.25) is 0 Å². The van der Waals surface area contributed by atoms with Gasteiger partial charge in [0.1, 0.15) is 11.4 Å². The van der Waals surface area contributed by atoms with E-state index in [4.69, 9.17) is 14.2 Å². The molecule has 0 N–H and O–H groups in total. The molecule has 4 unspecified atom stereocenters. The Hall–Kier alpha value is -1.69. The van der Waals surface area contributed by atoms with Crippen LogP contribution in [-0.4, -0.2) is 42.6 Å². The van der Waals surface area contributed by atoms with E-state index in [0.717, 1.165) is 31.3 Å². The topological polar surface area (TPSA) is 82.2 Å². The minimum atomic E-state index is -0.465. The zero-order valence-electron chi connectivity index (χ0n) is 17.9. The third-order valence-corrected chi connectivity index (χ3v) is 10.1. The van der Waals surface area contributed by atoms with Crippen LogP contribution in [-0.2, 0) is 28.6 Å². The van der Waals surface area contributed by atoms with Crippen molar-refractivity contribution in [2.24, 2.45) is 34.5 Å². The van der Waals surface area contributed by atoms with E-state index in [1.54, 1.807) is 0 Å². The smallest absolute Gasteiger partial charge is 0.312 e. The molecule has 9 atom stereocenters. The molecule has 0 aromatic heterocycles. The molecule has 30 heavy (non-hydrogen) atoms. The summed E-state index contributed by atoms with van der Waals surface area (Å²) in [5.41, 5.74) is 0.246. The Bertz CT molecular complexity index is 892. The molecule has 6 aliphatic rings. The number of carbonyl (C=O) groups is 3. The molecule has 0 aromatic rings. The molecule has 2 saturated heterocycles. The van der Waals surface area contributed by atoms with Crippen molar-refractivity contribution in [1.29, 1.82) is 0 Å². The SMILES string of the molecule is COC(=O)[C@@H]1C=C2CC(=O)CC[C@]2(C)C2C1C1CCC3(CCC(=O)O3)[C@@]1(C)[C@H]1O[C@@H]21. The summed E-state index contributed by atoms with van der Waals surface area (Å²) in [5.74, 6) is 0.0844. The molecule has 6 nitrogen and oxygen atoms in total. The third kappa shape index (κ3) is 2.07. The van der Waals surface area contributed by atoms with Gasteiger partial charge in [0, 0.05) is 30.6 Å². The lowest BCUT2D eigenvalue weighted by Gasteiger charge is -2.57. The van der Waals surface area contributed by atoms with Crippen molar-refractivity contribution in [2.45, 2.75) is 76.6 Å². The quantitative estimate of drug-likeness (QED) is 0.373. The summed E-state index contributed by atoms with van der Waals surface area (Å²) in [4.78, 5) is 37.4. The number of epoxide rings is 1. The van der Waals surface area contributed by atoms with E-state index in [0.29, 0.717) is 19.3 Å². The Morgan fingerprint density at radius 2 is 1.97 bits per heavy atom. The van der Waals surface area contributed by atoms with Crippen LogP contribution in [0.25, 0.3) is 0 Å². The van der Waals surface area contributed by atoms with Gasteiger partial charge < -0.3 is 14.2 Å². The van der Waals surface area contributed by atoms with E-state index in [9.17, 15) is 14.4 Å². The summed E-state index contributed by atoms with van der Waals surface area (Å²) in [6.07, 6.45) is 7.04. The maximum atomic E-state index is 13.0. The summed E-state index contributed by atoms with van der Waals surface area (Å²) in [6.45, 7) is 4.52. The predicted molar refractivity (Wildman–Crippen MR) is 105 cm³/mol. The van der Waals surface area contributed by atoms with Crippen LogP contribution in [0.3, 0.4) is 0 Å². The van der Waals surface area contributed by atoms with E-state index in [-0.39, 0.29) is 64.4 Å². The number of methoxy groups -OCH3 is 1. The standard InChI is InChI=1S/C24H30O6/c1-22-7-4-13(25)10-12(22)11-14(21(27)28-3)17-15-5-8-24(9-6-16(26)30-24)23(15,2)20-19(29-20)18(17)22/h11,14-15,17-20H,4-10H2,1-3H3/t14-,15?,17?,18?,19+,20+,22+,23-,24?/m1/s1. The van der Waals surface area contributed by atoms with Crippen molar-refractivity contribution >= 4 is 17.7 Å². The largest absolute Gasteiger partial charge is 0.469 e. The van der Waals surface area contributed by atoms with Gasteiger partial charge in [-0.3, -0.25) is 14.4 Å². The summed E-state index contributed by atoms with van der Waals surface area (Å²) >= 11 is 0. The number of carbonyl (C=O) groups excluding carboxylic acids is 3. The van der Waals surface area contributed by atoms with Crippen molar-refractivity contribution in [1.82, 2.24) is 0 Å². The molecule has 1 spiro atoms. The van der Waals surface area contributed by atoms with E-state index in [2.05, 4.69) is 19.9 Å². The molecule has 6 rings (SSSR count). The first-order valence-electron chi connectivity index (χ1n) is 11.4. The molecule has 6 heteroatoms. The molecule has 2 heterocycles. The minimum absolute atomic E-state index is 0.0552. The second-order valence-corrected chi connectivity index (χ2v) is 10.9. The highest BCUT2D eigenvalue weighted by Crippen LogP contribution is 2.74. The lowest BCUT2D eigenvalue weighted by atomic mass is 9.45. The summed E-state index contributed by atoms with van der Waals surface area (Å²) in [6, 6.07) is 0. The average molecular weight is 414 g/mol. The first-order chi connectivity index (χ1) is 14.2. The molecule has 2 aliphatic heterocycles. The number of rotatable bonds is 1. The number of hydrogen-bond acceptors (Lipinski definition) is 6. The van der Waals surface area contributed by atoms with E-state index < -0.39 is 5.60 Å². The number of Topliss-reactive ketones (excluding diaryl/α,β-unsaturated/α-hetero) is 1. The Labute approximate surface area is 176 Å². The van der Waals surface area contributed by atoms with Gasteiger partial charge in [-0.1, -0.05) is 25.5 Å². The number of allylic oxidation sites excluding steroid dienone is 1. The molecule has 0 aromatic carbocycles. The van der Waals surface area contributed by atoms with Crippen LogP contribution < -0.4 is 0 Å². The molecule has 0 radical (unpaired) electrons. The van der Waals surface area contributed by atoms with Crippen molar-refractivity contribution in [3.8, 4) is 0 Å². The number of esters is 2. The Morgan fingerprint density at radius 1 is 1.17 bits per heavy atom. The Kier molecular flexibility index (Phi) is 3.65. The average Bonchev–Trinajstić information content (AvgIpc) is 3.35. The van der Waals surface area contributed by atoms with Gasteiger partial charge in [-0.15, -0.1) is 0 Å². The van der Waals surface area contributed by atoms with Crippen LogP contribution in [0.5, 0.6) is 0 Å². The van der Waals surface area contributed by atoms with Crippen LogP contribution in [0.4, 0.5) is 0 Å². The second-order valence-electron chi connectivity index (χ2n) is 10.9. The van der Waals surface area contributed by atoms with Crippen molar-refractivity contribution in [2.75, 3.05) is 7.11 Å². The fourth-order valence-electron chi connectivity index (χ4n) is 8.53. The normalized spacial score (nSPS) is 53.2. The zero-order valence-corrected chi connectivity index (χ0v) is 17.9. The van der Waals surface area contributed by atoms with Gasteiger partial charge in [-0.25, -0.2) is 0 Å². The van der Waals surface area contributed by atoms with Crippen LogP contribution in [0.15, 0.2) is 11.6 Å². The maximum absolute atomic E-state index is 13.0. The number of hydrogen-bond donors (Lipinski definition) is 0. The van der Waals surface area contributed by atoms with E-state index >= 15 is 0 Å². The molecular formula is C24H30O6. The van der Waals surface area contributed by atoms with Crippen LogP contribution in [0, 0.1) is 34.5 Å². The van der Waals surface area contributed by atoms with E-state index in [1.807, 2.05) is 0 Å². The highest BCUT2D eigenvalue weighted by molar-refractivity contribution is 5.84. The van der Waals surface area contributed by atoms with Gasteiger partial charge in [-0.05, 0) is 42.9 Å². The Balaban J connectivity index is 1.49. The summed E-state index contributed by atoms with van der Waals surface area (Å²) < 4.78 is 17.7. The first kappa shape index (κ1) is 19.0.